The molecule has 0 aliphatic carbocycles. The molecule has 0 fully saturated rings. The average Bonchev–Trinajstić information content (AvgIpc) is 2.59. The van der Waals surface area contributed by atoms with Crippen LogP contribution in [0.15, 0.2) is 54.6 Å². The number of hydrogen-bond acceptors (Lipinski definition) is 4. The molecule has 2 rings (SSSR count). The van der Waals surface area contributed by atoms with Gasteiger partial charge < -0.3 is 15.2 Å². The number of ether oxygens (including phenoxy) is 1. The molecule has 0 saturated carbocycles. The number of carbonyl (C=O) groups is 2. The predicted octanol–water partition coefficient (Wildman–Crippen LogP) is 2.47. The number of phenolic OH excluding ortho intramolecular Hbond substituents is 1. The van der Waals surface area contributed by atoms with Crippen LogP contribution in [-0.2, 0) is 9.53 Å². The molecular weight excluding hydrogens is 294 g/mol. The van der Waals surface area contributed by atoms with E-state index < -0.39 is 5.97 Å². The first-order chi connectivity index (χ1) is 11.1. The predicted molar refractivity (Wildman–Crippen MR) is 86.3 cm³/mol. The van der Waals surface area contributed by atoms with Crippen molar-refractivity contribution >= 4 is 11.9 Å². The smallest absolute Gasteiger partial charge is 0.338 e. The first kappa shape index (κ1) is 16.5. The number of nitrogens with one attached hydrogen (secondary N) is 1. The van der Waals surface area contributed by atoms with Crippen LogP contribution >= 0.6 is 0 Å². The molecule has 2 N–H and O–H groups in total. The van der Waals surface area contributed by atoms with Crippen molar-refractivity contribution in [1.29, 1.82) is 0 Å². The summed E-state index contributed by atoms with van der Waals surface area (Å²) in [5.74, 6) is -0.710. The fourth-order valence-electron chi connectivity index (χ4n) is 2.03. The van der Waals surface area contributed by atoms with E-state index in [1.807, 2.05) is 37.3 Å². The highest BCUT2D eigenvalue weighted by atomic mass is 16.5. The van der Waals surface area contributed by atoms with Crippen molar-refractivity contribution in [3.63, 3.8) is 0 Å². The van der Waals surface area contributed by atoms with Gasteiger partial charge in [-0.25, -0.2) is 4.79 Å². The Kier molecular flexibility index (Phi) is 5.74. The average molecular weight is 313 g/mol. The summed E-state index contributed by atoms with van der Waals surface area (Å²) in [5.41, 5.74) is 1.42. The Bertz CT molecular complexity index is 652. The SMILES string of the molecule is C[C@@H](CNC(=O)COC(=O)c1ccc(O)cc1)c1ccccc1. The zero-order valence-corrected chi connectivity index (χ0v) is 12.9. The largest absolute Gasteiger partial charge is 0.508 e. The van der Waals surface area contributed by atoms with Crippen LogP contribution in [0, 0.1) is 0 Å². The van der Waals surface area contributed by atoms with Gasteiger partial charge in [-0.2, -0.15) is 0 Å². The van der Waals surface area contributed by atoms with Crippen molar-refractivity contribution in [1.82, 2.24) is 5.32 Å². The van der Waals surface area contributed by atoms with Crippen LogP contribution in [0.2, 0.25) is 0 Å². The Labute approximate surface area is 134 Å². The first-order valence-corrected chi connectivity index (χ1v) is 7.34. The van der Waals surface area contributed by atoms with Crippen LogP contribution < -0.4 is 5.32 Å². The second-order valence-electron chi connectivity index (χ2n) is 5.24. The number of aromatic hydroxyl groups is 1. The molecule has 2 aromatic carbocycles. The van der Waals surface area contributed by atoms with Gasteiger partial charge in [0, 0.05) is 6.54 Å². The van der Waals surface area contributed by atoms with Gasteiger partial charge in [0.05, 0.1) is 5.56 Å². The molecule has 0 aliphatic heterocycles. The van der Waals surface area contributed by atoms with E-state index in [1.165, 1.54) is 24.3 Å². The molecule has 0 unspecified atom stereocenters. The number of hydrogen-bond donors (Lipinski definition) is 2. The fourth-order valence-corrected chi connectivity index (χ4v) is 2.03. The van der Waals surface area contributed by atoms with Crippen molar-refractivity contribution < 1.29 is 19.4 Å². The summed E-state index contributed by atoms with van der Waals surface area (Å²) in [6, 6.07) is 15.5. The van der Waals surface area contributed by atoms with Crippen molar-refractivity contribution in [2.45, 2.75) is 12.8 Å². The van der Waals surface area contributed by atoms with E-state index in [1.54, 1.807) is 0 Å². The zero-order chi connectivity index (χ0) is 16.7. The summed E-state index contributed by atoms with van der Waals surface area (Å²) in [5, 5.41) is 11.9. The normalized spacial score (nSPS) is 11.5. The summed E-state index contributed by atoms with van der Waals surface area (Å²) in [7, 11) is 0. The summed E-state index contributed by atoms with van der Waals surface area (Å²) >= 11 is 0. The van der Waals surface area contributed by atoms with E-state index >= 15 is 0 Å². The second-order valence-corrected chi connectivity index (χ2v) is 5.24. The number of phenols is 1. The summed E-state index contributed by atoms with van der Waals surface area (Å²) in [4.78, 5) is 23.5. The lowest BCUT2D eigenvalue weighted by Crippen LogP contribution is -2.31. The van der Waals surface area contributed by atoms with E-state index in [4.69, 9.17) is 9.84 Å². The molecular formula is C18H19NO4. The van der Waals surface area contributed by atoms with E-state index in [2.05, 4.69) is 5.32 Å². The molecule has 120 valence electrons. The van der Waals surface area contributed by atoms with Crippen LogP contribution in [0.25, 0.3) is 0 Å². The molecule has 23 heavy (non-hydrogen) atoms. The lowest BCUT2D eigenvalue weighted by Gasteiger charge is -2.13. The minimum Gasteiger partial charge on any atom is -0.508 e. The Morgan fingerprint density at radius 3 is 2.39 bits per heavy atom. The van der Waals surface area contributed by atoms with Crippen LogP contribution in [-0.4, -0.2) is 30.1 Å². The van der Waals surface area contributed by atoms with Gasteiger partial charge in [0.1, 0.15) is 5.75 Å². The second kappa shape index (κ2) is 7.98. The lowest BCUT2D eigenvalue weighted by molar-refractivity contribution is -0.124. The quantitative estimate of drug-likeness (QED) is 0.803. The van der Waals surface area contributed by atoms with Gasteiger partial charge in [-0.05, 0) is 35.7 Å². The zero-order valence-electron chi connectivity index (χ0n) is 12.9. The van der Waals surface area contributed by atoms with Crippen molar-refractivity contribution in [3.05, 3.63) is 65.7 Å². The third-order valence-corrected chi connectivity index (χ3v) is 3.41. The van der Waals surface area contributed by atoms with Gasteiger partial charge in [0.2, 0.25) is 0 Å². The molecule has 5 nitrogen and oxygen atoms in total. The summed E-state index contributed by atoms with van der Waals surface area (Å²) in [6.07, 6.45) is 0. The molecule has 0 heterocycles. The van der Waals surface area contributed by atoms with E-state index in [0.29, 0.717) is 6.54 Å². The molecule has 1 amide bonds. The maximum atomic E-state index is 11.7. The van der Waals surface area contributed by atoms with Gasteiger partial charge in [0.25, 0.3) is 5.91 Å². The maximum Gasteiger partial charge on any atom is 0.338 e. The van der Waals surface area contributed by atoms with Crippen LogP contribution in [0.3, 0.4) is 0 Å². The van der Waals surface area contributed by atoms with Crippen molar-refractivity contribution in [2.24, 2.45) is 0 Å². The van der Waals surface area contributed by atoms with E-state index in [9.17, 15) is 9.59 Å². The fraction of sp³-hybridized carbons (Fsp3) is 0.222. The van der Waals surface area contributed by atoms with Gasteiger partial charge in [-0.3, -0.25) is 4.79 Å². The Morgan fingerprint density at radius 1 is 1.09 bits per heavy atom. The number of amides is 1. The minimum atomic E-state index is -0.601. The van der Waals surface area contributed by atoms with Crippen molar-refractivity contribution in [2.75, 3.05) is 13.2 Å². The third kappa shape index (κ3) is 5.14. The van der Waals surface area contributed by atoms with Gasteiger partial charge in [-0.1, -0.05) is 37.3 Å². The Morgan fingerprint density at radius 2 is 1.74 bits per heavy atom. The highest BCUT2D eigenvalue weighted by Gasteiger charge is 2.11. The summed E-state index contributed by atoms with van der Waals surface area (Å²) in [6.45, 7) is 2.15. The molecule has 0 aliphatic rings. The third-order valence-electron chi connectivity index (χ3n) is 3.41. The number of benzene rings is 2. The number of rotatable bonds is 6. The first-order valence-electron chi connectivity index (χ1n) is 7.34. The topological polar surface area (TPSA) is 75.6 Å². The lowest BCUT2D eigenvalue weighted by atomic mass is 10.0. The van der Waals surface area contributed by atoms with Gasteiger partial charge >= 0.3 is 5.97 Å². The standard InChI is InChI=1S/C18H19NO4/c1-13(14-5-3-2-4-6-14)11-19-17(21)12-23-18(22)15-7-9-16(20)10-8-15/h2-10,13,20H,11-12H2,1H3,(H,19,21)/t13-/m0/s1. The Balaban J connectivity index is 1.75. The summed E-state index contributed by atoms with van der Waals surface area (Å²) < 4.78 is 4.94. The van der Waals surface area contributed by atoms with Gasteiger partial charge in [0.15, 0.2) is 6.61 Å². The minimum absolute atomic E-state index is 0.0641. The van der Waals surface area contributed by atoms with E-state index in [-0.39, 0.29) is 29.7 Å². The van der Waals surface area contributed by atoms with Crippen LogP contribution in [0.4, 0.5) is 0 Å². The van der Waals surface area contributed by atoms with Crippen LogP contribution in [0.5, 0.6) is 5.75 Å². The Hall–Kier alpha value is -2.82. The maximum absolute atomic E-state index is 11.7. The molecule has 0 spiro atoms. The molecule has 0 aromatic heterocycles. The van der Waals surface area contributed by atoms with Crippen LogP contribution in [0.1, 0.15) is 28.8 Å². The molecule has 0 saturated heterocycles. The molecule has 2 aromatic rings. The highest BCUT2D eigenvalue weighted by molar-refractivity contribution is 5.91. The number of carbonyl (C=O) groups excluding carboxylic acids is 2. The van der Waals surface area contributed by atoms with E-state index in [0.717, 1.165) is 5.56 Å². The molecule has 0 bridgehead atoms. The highest BCUT2D eigenvalue weighted by Crippen LogP contribution is 2.13. The monoisotopic (exact) mass is 313 g/mol. The molecule has 0 radical (unpaired) electrons. The molecule has 5 heteroatoms. The molecule has 1 atom stereocenters. The number of esters is 1. The van der Waals surface area contributed by atoms with Gasteiger partial charge in [-0.15, -0.1) is 0 Å². The van der Waals surface area contributed by atoms with Crippen molar-refractivity contribution in [3.8, 4) is 5.75 Å².